The van der Waals surface area contributed by atoms with Crippen molar-refractivity contribution < 1.29 is 29.9 Å². The predicted molar refractivity (Wildman–Crippen MR) is 82.0 cm³/mol. The second-order valence-corrected chi connectivity index (χ2v) is 4.99. The Kier molecular flexibility index (Phi) is 9.57. The molecular formula is C16H26O6. The maximum Gasteiger partial charge on any atom is 0.151 e. The van der Waals surface area contributed by atoms with Crippen molar-refractivity contribution in [3.63, 3.8) is 0 Å². The van der Waals surface area contributed by atoms with Gasteiger partial charge in [0.05, 0.1) is 13.2 Å². The molecule has 1 aromatic rings. The highest BCUT2D eigenvalue weighted by molar-refractivity contribution is 5.40. The van der Waals surface area contributed by atoms with Crippen LogP contribution in [0, 0.1) is 0 Å². The van der Waals surface area contributed by atoms with Gasteiger partial charge in [-0.15, -0.1) is 0 Å². The molecule has 0 aliphatic carbocycles. The average molecular weight is 314 g/mol. The van der Waals surface area contributed by atoms with Crippen molar-refractivity contribution in [2.45, 2.75) is 38.4 Å². The minimum absolute atomic E-state index is 0.0401. The van der Waals surface area contributed by atoms with Crippen LogP contribution in [0.5, 0.6) is 11.5 Å². The minimum Gasteiger partial charge on any atom is -0.491 e. The van der Waals surface area contributed by atoms with E-state index in [1.807, 2.05) is 6.07 Å². The highest BCUT2D eigenvalue weighted by Crippen LogP contribution is 2.26. The van der Waals surface area contributed by atoms with Gasteiger partial charge in [-0.05, 0) is 49.4 Å². The maximum atomic E-state index is 8.86. The Bertz CT molecular complexity index is 408. The molecule has 0 amide bonds. The van der Waals surface area contributed by atoms with E-state index in [2.05, 4.69) is 0 Å². The molecule has 1 rings (SSSR count). The summed E-state index contributed by atoms with van der Waals surface area (Å²) in [6.45, 7) is 0.392. The van der Waals surface area contributed by atoms with Crippen LogP contribution in [0.25, 0.3) is 0 Å². The standard InChI is InChI=1S/C16H26O6/c17-8-10-21-14-6-7-15(22-11-9-18)13(12-14)4-2-1-3-5-16(19)20/h6-7,12,16-20H,1-5,8-11H2. The van der Waals surface area contributed by atoms with E-state index in [0.29, 0.717) is 17.9 Å². The molecule has 0 saturated carbocycles. The smallest absolute Gasteiger partial charge is 0.151 e. The molecule has 0 aromatic heterocycles. The largest absolute Gasteiger partial charge is 0.491 e. The molecule has 0 aliphatic heterocycles. The van der Waals surface area contributed by atoms with Gasteiger partial charge in [0.2, 0.25) is 0 Å². The fraction of sp³-hybridized carbons (Fsp3) is 0.625. The molecule has 0 atom stereocenters. The van der Waals surface area contributed by atoms with Crippen molar-refractivity contribution in [1.82, 2.24) is 0 Å². The van der Waals surface area contributed by atoms with E-state index in [4.69, 9.17) is 29.9 Å². The van der Waals surface area contributed by atoms with Gasteiger partial charge in [0.25, 0.3) is 0 Å². The summed E-state index contributed by atoms with van der Waals surface area (Å²) in [5, 5.41) is 35.3. The van der Waals surface area contributed by atoms with Gasteiger partial charge in [0.15, 0.2) is 6.29 Å². The highest BCUT2D eigenvalue weighted by atomic mass is 16.5. The minimum atomic E-state index is -1.24. The first-order valence-electron chi connectivity index (χ1n) is 7.63. The van der Waals surface area contributed by atoms with Crippen molar-refractivity contribution in [2.75, 3.05) is 26.4 Å². The van der Waals surface area contributed by atoms with Crippen LogP contribution in [-0.2, 0) is 6.42 Å². The van der Waals surface area contributed by atoms with Crippen molar-refractivity contribution >= 4 is 0 Å². The van der Waals surface area contributed by atoms with E-state index in [1.54, 1.807) is 12.1 Å². The molecular weight excluding hydrogens is 288 g/mol. The first-order chi connectivity index (χ1) is 10.7. The van der Waals surface area contributed by atoms with Crippen LogP contribution in [0.3, 0.4) is 0 Å². The lowest BCUT2D eigenvalue weighted by Crippen LogP contribution is -2.06. The van der Waals surface area contributed by atoms with Gasteiger partial charge in [-0.25, -0.2) is 0 Å². The van der Waals surface area contributed by atoms with Crippen LogP contribution >= 0.6 is 0 Å². The average Bonchev–Trinajstić information content (AvgIpc) is 2.51. The molecule has 4 N–H and O–H groups in total. The number of ether oxygens (including phenoxy) is 2. The van der Waals surface area contributed by atoms with E-state index in [0.717, 1.165) is 31.2 Å². The van der Waals surface area contributed by atoms with E-state index < -0.39 is 6.29 Å². The summed E-state index contributed by atoms with van der Waals surface area (Å²) in [5.41, 5.74) is 0.980. The summed E-state index contributed by atoms with van der Waals surface area (Å²) in [5.74, 6) is 1.39. The van der Waals surface area contributed by atoms with Crippen LogP contribution in [0.15, 0.2) is 18.2 Å². The van der Waals surface area contributed by atoms with Gasteiger partial charge in [-0.3, -0.25) is 0 Å². The van der Waals surface area contributed by atoms with E-state index >= 15 is 0 Å². The zero-order chi connectivity index (χ0) is 16.2. The molecule has 0 saturated heterocycles. The Labute approximate surface area is 130 Å². The number of aliphatic hydroxyl groups excluding tert-OH is 3. The second-order valence-electron chi connectivity index (χ2n) is 4.99. The molecule has 6 heteroatoms. The third-order valence-electron chi connectivity index (χ3n) is 3.15. The lowest BCUT2D eigenvalue weighted by molar-refractivity contribution is -0.0465. The van der Waals surface area contributed by atoms with Crippen molar-refractivity contribution in [2.24, 2.45) is 0 Å². The van der Waals surface area contributed by atoms with Gasteiger partial charge in [0.1, 0.15) is 24.7 Å². The van der Waals surface area contributed by atoms with Crippen LogP contribution in [0.2, 0.25) is 0 Å². The monoisotopic (exact) mass is 314 g/mol. The van der Waals surface area contributed by atoms with Gasteiger partial charge >= 0.3 is 0 Å². The number of aryl methyl sites for hydroxylation is 1. The molecule has 0 radical (unpaired) electrons. The predicted octanol–water partition coefficient (Wildman–Crippen LogP) is 0.842. The normalized spacial score (nSPS) is 11.0. The van der Waals surface area contributed by atoms with Gasteiger partial charge in [-0.1, -0.05) is 6.42 Å². The molecule has 0 fully saturated rings. The van der Waals surface area contributed by atoms with Crippen LogP contribution in [0.4, 0.5) is 0 Å². The van der Waals surface area contributed by atoms with Crippen molar-refractivity contribution in [1.29, 1.82) is 0 Å². The molecule has 22 heavy (non-hydrogen) atoms. The maximum absolute atomic E-state index is 8.86. The zero-order valence-electron chi connectivity index (χ0n) is 12.8. The summed E-state index contributed by atoms with van der Waals surface area (Å²) in [6.07, 6.45) is 2.46. The van der Waals surface area contributed by atoms with Crippen LogP contribution in [-0.4, -0.2) is 53.1 Å². The molecule has 0 heterocycles. The molecule has 1 aromatic carbocycles. The van der Waals surface area contributed by atoms with E-state index in [-0.39, 0.29) is 26.4 Å². The number of hydrogen-bond acceptors (Lipinski definition) is 6. The molecule has 0 unspecified atom stereocenters. The number of unbranched alkanes of at least 4 members (excludes halogenated alkanes) is 2. The number of benzene rings is 1. The van der Waals surface area contributed by atoms with E-state index in [1.165, 1.54) is 0 Å². The van der Waals surface area contributed by atoms with Crippen LogP contribution in [0.1, 0.15) is 31.2 Å². The summed E-state index contributed by atoms with van der Waals surface area (Å²) in [6, 6.07) is 5.45. The van der Waals surface area contributed by atoms with E-state index in [9.17, 15) is 0 Å². The summed E-state index contributed by atoms with van der Waals surface area (Å²) in [7, 11) is 0. The summed E-state index contributed by atoms with van der Waals surface area (Å²) >= 11 is 0. The zero-order valence-corrected chi connectivity index (χ0v) is 12.8. The fourth-order valence-corrected chi connectivity index (χ4v) is 2.12. The lowest BCUT2D eigenvalue weighted by atomic mass is 10.0. The first-order valence-corrected chi connectivity index (χ1v) is 7.63. The third-order valence-corrected chi connectivity index (χ3v) is 3.15. The Morgan fingerprint density at radius 3 is 2.32 bits per heavy atom. The van der Waals surface area contributed by atoms with Crippen LogP contribution < -0.4 is 9.47 Å². The summed E-state index contributed by atoms with van der Waals surface area (Å²) in [4.78, 5) is 0. The Balaban J connectivity index is 2.57. The first kappa shape index (κ1) is 18.7. The number of hydrogen-bond donors (Lipinski definition) is 4. The molecule has 126 valence electrons. The lowest BCUT2D eigenvalue weighted by Gasteiger charge is -2.13. The Morgan fingerprint density at radius 1 is 0.909 bits per heavy atom. The SMILES string of the molecule is OCCOc1ccc(OCCO)c(CCCCCC(O)O)c1. The third kappa shape index (κ3) is 7.61. The Morgan fingerprint density at radius 2 is 1.64 bits per heavy atom. The Hall–Kier alpha value is -1.34. The topological polar surface area (TPSA) is 99.4 Å². The number of rotatable bonds is 12. The van der Waals surface area contributed by atoms with Crippen molar-refractivity contribution in [3.05, 3.63) is 23.8 Å². The molecule has 0 spiro atoms. The second kappa shape index (κ2) is 11.3. The molecule has 0 bridgehead atoms. The summed E-state index contributed by atoms with van der Waals surface area (Å²) < 4.78 is 10.9. The van der Waals surface area contributed by atoms with Crippen molar-refractivity contribution in [3.8, 4) is 11.5 Å². The fourth-order valence-electron chi connectivity index (χ4n) is 2.12. The quantitative estimate of drug-likeness (QED) is 0.337. The highest BCUT2D eigenvalue weighted by Gasteiger charge is 2.07. The number of aliphatic hydroxyl groups is 4. The molecule has 6 nitrogen and oxygen atoms in total. The van der Waals surface area contributed by atoms with Gasteiger partial charge in [-0.2, -0.15) is 0 Å². The van der Waals surface area contributed by atoms with Gasteiger partial charge in [0, 0.05) is 0 Å². The molecule has 0 aliphatic rings. The van der Waals surface area contributed by atoms with Gasteiger partial charge < -0.3 is 29.9 Å².